The van der Waals surface area contributed by atoms with E-state index in [-0.39, 0.29) is 23.3 Å². The zero-order valence-electron chi connectivity index (χ0n) is 13.4. The topological polar surface area (TPSA) is 67.2 Å². The largest absolute Gasteiger partial charge is 0.393 e. The lowest BCUT2D eigenvalue weighted by Gasteiger charge is -2.14. The third-order valence-corrected chi connectivity index (χ3v) is 3.24. The van der Waals surface area contributed by atoms with Crippen LogP contribution in [-0.2, 0) is 12.5 Å². The van der Waals surface area contributed by atoms with Crippen molar-refractivity contribution in [3.63, 3.8) is 0 Å². The minimum Gasteiger partial charge on any atom is -0.393 e. The van der Waals surface area contributed by atoms with Gasteiger partial charge in [-0.25, -0.2) is 0 Å². The van der Waals surface area contributed by atoms with Gasteiger partial charge in [-0.1, -0.05) is 27.7 Å². The molecule has 5 nitrogen and oxygen atoms in total. The Balaban J connectivity index is 2.67. The first-order chi connectivity index (χ1) is 9.11. The monoisotopic (exact) mass is 281 g/mol. The van der Waals surface area contributed by atoms with Crippen LogP contribution in [-0.4, -0.2) is 33.4 Å². The number of carbonyl (C=O) groups excluding carboxylic acids is 1. The Morgan fingerprint density at radius 1 is 1.45 bits per heavy atom. The molecule has 0 aliphatic carbocycles. The smallest absolute Gasteiger partial charge is 0.269 e. The molecule has 0 aliphatic heterocycles. The van der Waals surface area contributed by atoms with Crippen molar-refractivity contribution in [1.29, 1.82) is 0 Å². The van der Waals surface area contributed by atoms with Crippen LogP contribution in [0, 0.1) is 5.92 Å². The van der Waals surface area contributed by atoms with Crippen LogP contribution in [0.1, 0.15) is 57.2 Å². The average molecular weight is 281 g/mol. The summed E-state index contributed by atoms with van der Waals surface area (Å²) in [5.74, 6) is 0.127. The Kier molecular flexibility index (Phi) is 5.34. The minimum atomic E-state index is -0.342. The van der Waals surface area contributed by atoms with E-state index < -0.39 is 0 Å². The first-order valence-corrected chi connectivity index (χ1v) is 7.12. The highest BCUT2D eigenvalue weighted by Crippen LogP contribution is 2.21. The number of nitrogens with zero attached hydrogens (tertiary/aromatic N) is 2. The van der Waals surface area contributed by atoms with Gasteiger partial charge < -0.3 is 10.4 Å². The van der Waals surface area contributed by atoms with Gasteiger partial charge in [0, 0.05) is 19.0 Å². The predicted molar refractivity (Wildman–Crippen MR) is 79.7 cm³/mol. The standard InChI is InChI=1S/C15H27N3O2/c1-10(7-11(2)19)9-16-14(20)12-8-13(15(3,4)5)17-18(12)6/h8,10-11,19H,7,9H2,1-6H3,(H,16,20). The molecule has 114 valence electrons. The van der Waals surface area contributed by atoms with Gasteiger partial charge in [0.2, 0.25) is 0 Å². The molecule has 1 aromatic heterocycles. The van der Waals surface area contributed by atoms with Crippen molar-refractivity contribution in [3.05, 3.63) is 17.5 Å². The number of nitrogens with one attached hydrogen (secondary N) is 1. The Bertz CT molecular complexity index is 458. The molecular formula is C15H27N3O2. The number of aliphatic hydroxyl groups excluding tert-OH is 1. The summed E-state index contributed by atoms with van der Waals surface area (Å²) in [6, 6.07) is 1.84. The van der Waals surface area contributed by atoms with E-state index in [2.05, 4.69) is 31.2 Å². The number of carbonyl (C=O) groups is 1. The fourth-order valence-electron chi connectivity index (χ4n) is 2.07. The maximum absolute atomic E-state index is 12.2. The molecule has 5 heteroatoms. The lowest BCUT2D eigenvalue weighted by Crippen LogP contribution is -2.30. The Morgan fingerprint density at radius 3 is 2.50 bits per heavy atom. The Morgan fingerprint density at radius 2 is 2.05 bits per heavy atom. The normalized spacial score (nSPS) is 14.9. The number of aromatic nitrogens is 2. The number of aryl methyl sites for hydroxylation is 1. The molecule has 0 aromatic carbocycles. The second-order valence-electron chi connectivity index (χ2n) is 6.69. The second kappa shape index (κ2) is 6.39. The number of rotatable bonds is 5. The van der Waals surface area contributed by atoms with Crippen molar-refractivity contribution >= 4 is 5.91 Å². The molecule has 2 atom stereocenters. The van der Waals surface area contributed by atoms with Crippen LogP contribution in [0.2, 0.25) is 0 Å². The molecule has 1 heterocycles. The van der Waals surface area contributed by atoms with Gasteiger partial charge in [0.25, 0.3) is 5.91 Å². The maximum atomic E-state index is 12.2. The molecule has 0 aliphatic rings. The summed E-state index contributed by atoms with van der Waals surface area (Å²) >= 11 is 0. The van der Waals surface area contributed by atoms with Crippen molar-refractivity contribution in [2.75, 3.05) is 6.54 Å². The SMILES string of the molecule is CC(O)CC(C)CNC(=O)c1cc(C(C)(C)C)nn1C. The highest BCUT2D eigenvalue weighted by Gasteiger charge is 2.21. The molecule has 1 rings (SSSR count). The lowest BCUT2D eigenvalue weighted by atomic mass is 9.92. The molecule has 0 bridgehead atoms. The van der Waals surface area contributed by atoms with E-state index in [0.29, 0.717) is 18.7 Å². The zero-order valence-corrected chi connectivity index (χ0v) is 13.4. The van der Waals surface area contributed by atoms with Crippen LogP contribution in [0.5, 0.6) is 0 Å². The summed E-state index contributed by atoms with van der Waals surface area (Å²) in [5, 5.41) is 16.6. The van der Waals surface area contributed by atoms with Crippen molar-refractivity contribution in [2.24, 2.45) is 13.0 Å². The molecule has 2 unspecified atom stereocenters. The molecule has 0 saturated heterocycles. The van der Waals surface area contributed by atoms with E-state index in [4.69, 9.17) is 0 Å². The minimum absolute atomic E-state index is 0.0735. The summed E-state index contributed by atoms with van der Waals surface area (Å²) in [4.78, 5) is 12.2. The second-order valence-corrected chi connectivity index (χ2v) is 6.69. The van der Waals surface area contributed by atoms with Crippen molar-refractivity contribution < 1.29 is 9.90 Å². The number of hydrogen-bond donors (Lipinski definition) is 2. The van der Waals surface area contributed by atoms with Gasteiger partial charge in [-0.2, -0.15) is 5.10 Å². The highest BCUT2D eigenvalue weighted by atomic mass is 16.3. The van der Waals surface area contributed by atoms with E-state index in [9.17, 15) is 9.90 Å². The number of aliphatic hydroxyl groups is 1. The van der Waals surface area contributed by atoms with Crippen LogP contribution in [0.4, 0.5) is 0 Å². The van der Waals surface area contributed by atoms with Gasteiger partial charge in [0.1, 0.15) is 5.69 Å². The van der Waals surface area contributed by atoms with Crippen molar-refractivity contribution in [2.45, 2.75) is 52.6 Å². The van der Waals surface area contributed by atoms with Crippen LogP contribution in [0.25, 0.3) is 0 Å². The van der Waals surface area contributed by atoms with Crippen molar-refractivity contribution in [1.82, 2.24) is 15.1 Å². The summed E-state index contributed by atoms with van der Waals surface area (Å²) in [7, 11) is 1.78. The van der Waals surface area contributed by atoms with E-state index in [1.54, 1.807) is 18.7 Å². The van der Waals surface area contributed by atoms with Gasteiger partial charge in [-0.15, -0.1) is 0 Å². The Hall–Kier alpha value is -1.36. The molecule has 20 heavy (non-hydrogen) atoms. The van der Waals surface area contributed by atoms with Crippen LogP contribution in [0.15, 0.2) is 6.07 Å². The van der Waals surface area contributed by atoms with Gasteiger partial charge >= 0.3 is 0 Å². The van der Waals surface area contributed by atoms with Crippen LogP contribution >= 0.6 is 0 Å². The highest BCUT2D eigenvalue weighted by molar-refractivity contribution is 5.92. The van der Waals surface area contributed by atoms with Gasteiger partial charge in [0.05, 0.1) is 11.8 Å². The van der Waals surface area contributed by atoms with Crippen molar-refractivity contribution in [3.8, 4) is 0 Å². The van der Waals surface area contributed by atoms with E-state index in [1.165, 1.54) is 0 Å². The molecular weight excluding hydrogens is 254 g/mol. The summed E-state index contributed by atoms with van der Waals surface area (Å²) in [5.41, 5.74) is 1.40. The van der Waals surface area contributed by atoms with E-state index in [1.807, 2.05) is 13.0 Å². The summed E-state index contributed by atoms with van der Waals surface area (Å²) < 4.78 is 1.62. The van der Waals surface area contributed by atoms with Crippen LogP contribution < -0.4 is 5.32 Å². The fourth-order valence-corrected chi connectivity index (χ4v) is 2.07. The van der Waals surface area contributed by atoms with Gasteiger partial charge in [-0.3, -0.25) is 9.48 Å². The third kappa shape index (κ3) is 4.63. The maximum Gasteiger partial charge on any atom is 0.269 e. The fraction of sp³-hybridized carbons (Fsp3) is 0.733. The molecule has 0 fully saturated rings. The molecule has 0 saturated carbocycles. The van der Waals surface area contributed by atoms with E-state index in [0.717, 1.165) is 5.69 Å². The van der Waals surface area contributed by atoms with Gasteiger partial charge in [0.15, 0.2) is 0 Å². The number of amides is 1. The lowest BCUT2D eigenvalue weighted by molar-refractivity contribution is 0.0930. The van der Waals surface area contributed by atoms with Gasteiger partial charge in [-0.05, 0) is 25.3 Å². The third-order valence-electron chi connectivity index (χ3n) is 3.24. The molecule has 1 aromatic rings. The van der Waals surface area contributed by atoms with E-state index >= 15 is 0 Å². The quantitative estimate of drug-likeness (QED) is 0.865. The summed E-state index contributed by atoms with van der Waals surface area (Å²) in [6.45, 7) is 10.5. The summed E-state index contributed by atoms with van der Waals surface area (Å²) in [6.07, 6.45) is 0.338. The van der Waals surface area contributed by atoms with Crippen LogP contribution in [0.3, 0.4) is 0 Å². The molecule has 0 radical (unpaired) electrons. The number of hydrogen-bond acceptors (Lipinski definition) is 3. The Labute approximate surface area is 121 Å². The molecule has 0 spiro atoms. The molecule has 2 N–H and O–H groups in total. The predicted octanol–water partition coefficient (Wildman–Crippen LogP) is 1.85. The molecule has 1 amide bonds. The zero-order chi connectivity index (χ0) is 15.5. The first kappa shape index (κ1) is 16.7. The first-order valence-electron chi connectivity index (χ1n) is 7.12. The average Bonchev–Trinajstić information content (AvgIpc) is 2.67.